The van der Waals surface area contributed by atoms with Crippen molar-refractivity contribution < 1.29 is 4.79 Å². The van der Waals surface area contributed by atoms with Crippen LogP contribution < -0.4 is 11.1 Å². The van der Waals surface area contributed by atoms with E-state index in [0.717, 1.165) is 4.47 Å². The van der Waals surface area contributed by atoms with Crippen LogP contribution in [0, 0.1) is 0 Å². The summed E-state index contributed by atoms with van der Waals surface area (Å²) in [7, 11) is 0. The molecule has 1 heterocycles. The average molecular weight is 358 g/mol. The van der Waals surface area contributed by atoms with Gasteiger partial charge < -0.3 is 11.1 Å². The third-order valence-corrected chi connectivity index (χ3v) is 3.33. The van der Waals surface area contributed by atoms with Gasteiger partial charge in [0.2, 0.25) is 5.91 Å². The molecule has 0 saturated heterocycles. The fourth-order valence-corrected chi connectivity index (χ4v) is 2.23. The Morgan fingerprint density at radius 2 is 2.30 bits per heavy atom. The lowest BCUT2D eigenvalue weighted by Crippen LogP contribution is -2.13. The predicted molar refractivity (Wildman–Crippen MR) is 83.7 cm³/mol. The lowest BCUT2D eigenvalue weighted by molar-refractivity contribution is -0.116. The number of nitrogens with one attached hydrogen (secondary N) is 1. The van der Waals surface area contributed by atoms with Gasteiger partial charge in [-0.15, -0.1) is 0 Å². The van der Waals surface area contributed by atoms with Gasteiger partial charge >= 0.3 is 0 Å². The normalized spacial score (nSPS) is 10.5. The highest BCUT2D eigenvalue weighted by molar-refractivity contribution is 9.10. The SMILES string of the molecule is Nc1cc(Cl)ccc1NC(=O)CCCn1cc(Br)cn1. The topological polar surface area (TPSA) is 72.9 Å². The van der Waals surface area contributed by atoms with Gasteiger partial charge in [0.1, 0.15) is 0 Å². The first kappa shape index (κ1) is 14.9. The number of nitrogens with two attached hydrogens (primary N) is 1. The van der Waals surface area contributed by atoms with Crippen molar-refractivity contribution >= 4 is 44.8 Å². The van der Waals surface area contributed by atoms with E-state index in [1.165, 1.54) is 0 Å². The molecular weight excluding hydrogens is 344 g/mol. The molecule has 1 aromatic carbocycles. The molecule has 3 N–H and O–H groups in total. The van der Waals surface area contributed by atoms with Gasteiger partial charge in [-0.1, -0.05) is 11.6 Å². The largest absolute Gasteiger partial charge is 0.397 e. The summed E-state index contributed by atoms with van der Waals surface area (Å²) >= 11 is 9.12. The van der Waals surface area contributed by atoms with Crippen molar-refractivity contribution in [2.24, 2.45) is 0 Å². The van der Waals surface area contributed by atoms with E-state index >= 15 is 0 Å². The summed E-state index contributed by atoms with van der Waals surface area (Å²) < 4.78 is 2.71. The fourth-order valence-electron chi connectivity index (χ4n) is 1.72. The number of anilines is 2. The van der Waals surface area contributed by atoms with E-state index in [4.69, 9.17) is 17.3 Å². The summed E-state index contributed by atoms with van der Waals surface area (Å²) in [5.74, 6) is -0.0785. The summed E-state index contributed by atoms with van der Waals surface area (Å²) in [5, 5.41) is 7.44. The van der Waals surface area contributed by atoms with Crippen molar-refractivity contribution in [2.75, 3.05) is 11.1 Å². The van der Waals surface area contributed by atoms with Crippen molar-refractivity contribution in [3.8, 4) is 0 Å². The number of aromatic nitrogens is 2. The van der Waals surface area contributed by atoms with E-state index < -0.39 is 0 Å². The number of hydrogen-bond acceptors (Lipinski definition) is 3. The van der Waals surface area contributed by atoms with Crippen LogP contribution in [0.5, 0.6) is 0 Å². The van der Waals surface area contributed by atoms with E-state index in [-0.39, 0.29) is 5.91 Å². The molecule has 20 heavy (non-hydrogen) atoms. The third kappa shape index (κ3) is 4.25. The van der Waals surface area contributed by atoms with Crippen molar-refractivity contribution in [2.45, 2.75) is 19.4 Å². The van der Waals surface area contributed by atoms with Crippen LogP contribution in [0.2, 0.25) is 5.02 Å². The maximum Gasteiger partial charge on any atom is 0.224 e. The zero-order valence-corrected chi connectivity index (χ0v) is 13.0. The molecular formula is C13H14BrClN4O. The number of amides is 1. The summed E-state index contributed by atoms with van der Waals surface area (Å²) in [5.41, 5.74) is 6.82. The van der Waals surface area contributed by atoms with Gasteiger partial charge in [-0.3, -0.25) is 9.48 Å². The summed E-state index contributed by atoms with van der Waals surface area (Å²) in [6.07, 6.45) is 4.69. The second-order valence-corrected chi connectivity index (χ2v) is 5.66. The molecule has 0 saturated carbocycles. The smallest absolute Gasteiger partial charge is 0.224 e. The van der Waals surface area contributed by atoms with Gasteiger partial charge in [0.25, 0.3) is 0 Å². The predicted octanol–water partition coefficient (Wildman–Crippen LogP) is 3.30. The van der Waals surface area contributed by atoms with E-state index in [0.29, 0.717) is 35.8 Å². The molecule has 2 rings (SSSR count). The molecule has 1 aromatic heterocycles. The molecule has 5 nitrogen and oxygen atoms in total. The summed E-state index contributed by atoms with van der Waals surface area (Å²) in [6.45, 7) is 0.690. The molecule has 7 heteroatoms. The minimum absolute atomic E-state index is 0.0785. The Labute approximate surface area is 130 Å². The number of nitrogen functional groups attached to an aromatic ring is 1. The minimum Gasteiger partial charge on any atom is -0.397 e. The zero-order valence-electron chi connectivity index (χ0n) is 10.6. The molecule has 2 aromatic rings. The minimum atomic E-state index is -0.0785. The van der Waals surface area contributed by atoms with E-state index in [2.05, 4.69) is 26.3 Å². The van der Waals surface area contributed by atoms with Gasteiger partial charge in [-0.05, 0) is 40.5 Å². The van der Waals surface area contributed by atoms with Gasteiger partial charge in [0, 0.05) is 24.2 Å². The maximum absolute atomic E-state index is 11.8. The van der Waals surface area contributed by atoms with Crippen molar-refractivity contribution in [3.05, 3.63) is 40.1 Å². The van der Waals surface area contributed by atoms with Gasteiger partial charge in [0.15, 0.2) is 0 Å². The number of nitrogens with zero attached hydrogens (tertiary/aromatic N) is 2. The molecule has 0 atom stereocenters. The second-order valence-electron chi connectivity index (χ2n) is 4.30. The average Bonchev–Trinajstić information content (AvgIpc) is 2.79. The van der Waals surface area contributed by atoms with Crippen LogP contribution in [-0.2, 0) is 11.3 Å². The Kier molecular flexibility index (Phi) is 5.03. The van der Waals surface area contributed by atoms with Gasteiger partial charge in [-0.25, -0.2) is 0 Å². The van der Waals surface area contributed by atoms with Crippen molar-refractivity contribution in [1.29, 1.82) is 0 Å². The van der Waals surface area contributed by atoms with Crippen LogP contribution >= 0.6 is 27.5 Å². The zero-order chi connectivity index (χ0) is 14.5. The Balaban J connectivity index is 1.80. The van der Waals surface area contributed by atoms with Crippen LogP contribution in [0.4, 0.5) is 11.4 Å². The first-order valence-electron chi connectivity index (χ1n) is 6.07. The van der Waals surface area contributed by atoms with Gasteiger partial charge in [0.05, 0.1) is 22.0 Å². The quantitative estimate of drug-likeness (QED) is 0.806. The number of carbonyl (C=O) groups is 1. The summed E-state index contributed by atoms with van der Waals surface area (Å²) in [4.78, 5) is 11.8. The second kappa shape index (κ2) is 6.76. The fraction of sp³-hybridized carbons (Fsp3) is 0.231. The third-order valence-electron chi connectivity index (χ3n) is 2.68. The molecule has 0 aliphatic rings. The first-order chi connectivity index (χ1) is 9.54. The molecule has 0 radical (unpaired) electrons. The molecule has 0 unspecified atom stereocenters. The van der Waals surface area contributed by atoms with Crippen LogP contribution in [0.15, 0.2) is 35.1 Å². The molecule has 106 valence electrons. The number of rotatable bonds is 5. The highest BCUT2D eigenvalue weighted by Gasteiger charge is 2.06. The highest BCUT2D eigenvalue weighted by Crippen LogP contribution is 2.22. The van der Waals surface area contributed by atoms with Crippen molar-refractivity contribution in [3.63, 3.8) is 0 Å². The molecule has 1 amide bonds. The van der Waals surface area contributed by atoms with Crippen LogP contribution in [-0.4, -0.2) is 15.7 Å². The number of carbonyl (C=O) groups excluding carboxylic acids is 1. The molecule has 0 aliphatic heterocycles. The van der Waals surface area contributed by atoms with Gasteiger partial charge in [-0.2, -0.15) is 5.10 Å². The number of halogens is 2. The van der Waals surface area contributed by atoms with Crippen molar-refractivity contribution in [1.82, 2.24) is 9.78 Å². The standard InChI is InChI=1S/C13H14BrClN4O/c14-9-7-17-19(8-9)5-1-2-13(20)18-12-4-3-10(15)6-11(12)16/h3-4,6-8H,1-2,5,16H2,(H,18,20). The Morgan fingerprint density at radius 1 is 1.50 bits per heavy atom. The maximum atomic E-state index is 11.8. The van der Waals surface area contributed by atoms with E-state index in [9.17, 15) is 4.79 Å². The number of hydrogen-bond donors (Lipinski definition) is 2. The highest BCUT2D eigenvalue weighted by atomic mass is 79.9. The Morgan fingerprint density at radius 3 is 2.95 bits per heavy atom. The monoisotopic (exact) mass is 356 g/mol. The first-order valence-corrected chi connectivity index (χ1v) is 7.24. The van der Waals surface area contributed by atoms with Crippen LogP contribution in [0.1, 0.15) is 12.8 Å². The Hall–Kier alpha value is -1.53. The molecule has 0 aliphatic carbocycles. The van der Waals surface area contributed by atoms with Crippen LogP contribution in [0.3, 0.4) is 0 Å². The van der Waals surface area contributed by atoms with Crippen LogP contribution in [0.25, 0.3) is 0 Å². The molecule has 0 spiro atoms. The lowest BCUT2D eigenvalue weighted by atomic mass is 10.2. The summed E-state index contributed by atoms with van der Waals surface area (Å²) in [6, 6.07) is 4.99. The Bertz CT molecular complexity index is 614. The van der Waals surface area contributed by atoms with E-state index in [1.807, 2.05) is 6.20 Å². The lowest BCUT2D eigenvalue weighted by Gasteiger charge is -2.08. The van der Waals surface area contributed by atoms with E-state index in [1.54, 1.807) is 29.1 Å². The molecule has 0 fully saturated rings. The number of benzene rings is 1. The molecule has 0 bridgehead atoms. The number of aryl methyl sites for hydroxylation is 1.